The number of carbonyl (C=O) groups excluding carboxylic acids is 1. The number of hydrogen-bond donors (Lipinski definition) is 3. The van der Waals surface area contributed by atoms with Gasteiger partial charge in [-0.05, 0) is 66.0 Å². The first-order chi connectivity index (χ1) is 24.3. The zero-order valence-electron chi connectivity index (χ0n) is 27.4. The lowest BCUT2D eigenvalue weighted by molar-refractivity contribution is -0.130. The Kier molecular flexibility index (Phi) is 12.1. The Morgan fingerprint density at radius 1 is 1.02 bits per heavy atom. The highest BCUT2D eigenvalue weighted by atomic mass is 32.2. The number of carbonyl (C=O) groups is 1. The summed E-state index contributed by atoms with van der Waals surface area (Å²) < 4.78 is 44.6. The average molecular weight is 699 g/mol. The molecule has 50 heavy (non-hydrogen) atoms. The van der Waals surface area contributed by atoms with E-state index in [0.717, 1.165) is 5.56 Å². The topological polar surface area (TPSA) is 184 Å². The van der Waals surface area contributed by atoms with Gasteiger partial charge in [-0.3, -0.25) is 10.2 Å². The van der Waals surface area contributed by atoms with E-state index in [-0.39, 0.29) is 29.5 Å². The molecule has 13 nitrogen and oxygen atoms in total. The molecule has 1 amide bonds. The van der Waals surface area contributed by atoms with Crippen molar-refractivity contribution in [3.8, 4) is 11.5 Å². The van der Waals surface area contributed by atoms with Crippen LogP contribution in [0.1, 0.15) is 35.6 Å². The van der Waals surface area contributed by atoms with Crippen molar-refractivity contribution in [1.82, 2.24) is 10.9 Å². The van der Waals surface area contributed by atoms with Crippen molar-refractivity contribution in [1.29, 1.82) is 0 Å². The van der Waals surface area contributed by atoms with Crippen LogP contribution in [0.2, 0.25) is 0 Å². The molecule has 3 N–H and O–H groups in total. The van der Waals surface area contributed by atoms with E-state index in [1.54, 1.807) is 73.8 Å². The molecule has 0 saturated heterocycles. The number of nitrogens with one attached hydrogen (secondary N) is 2. The SMILES string of the molecule is COc1cccc(CCNNC(=O)[C@@]2(CCS(=O)(=O)c3ccccc3)N=C(c3ccc(OCCCO)cc3)O[C@H]2c2ccccc2N=[N+]=[N-])c1. The molecule has 260 valence electrons. The number of aliphatic hydroxyl groups is 1. The fourth-order valence-electron chi connectivity index (χ4n) is 5.52. The number of ether oxygens (including phenoxy) is 3. The minimum Gasteiger partial charge on any atom is -0.497 e. The summed E-state index contributed by atoms with van der Waals surface area (Å²) >= 11 is 0. The number of hydrogen-bond acceptors (Lipinski definition) is 10. The van der Waals surface area contributed by atoms with E-state index in [4.69, 9.17) is 24.3 Å². The summed E-state index contributed by atoms with van der Waals surface area (Å²) in [5, 5.41) is 12.9. The molecule has 0 aliphatic carbocycles. The Labute approximate surface area is 290 Å². The Hall–Kier alpha value is -5.40. The smallest absolute Gasteiger partial charge is 0.266 e. The standard InChI is InChI=1S/C36H38N6O7S/c1-47-29-10-7-9-26(25-29)19-21-38-41-35(44)36(20-24-50(45,46)30-11-3-2-4-12-30)33(31-13-5-6-14-32(31)40-42-37)49-34(39-36)27-15-17-28(18-16-27)48-23-8-22-43/h2-7,9-18,25,33,38,43H,8,19-24H2,1H3,(H,41,44)/t33-,36-/m0/s1. The van der Waals surface area contributed by atoms with Crippen LogP contribution in [0.3, 0.4) is 0 Å². The quantitative estimate of drug-likeness (QED) is 0.0431. The van der Waals surface area contributed by atoms with Crippen molar-refractivity contribution in [2.24, 2.45) is 10.1 Å². The maximum Gasteiger partial charge on any atom is 0.266 e. The molecule has 0 fully saturated rings. The number of methoxy groups -OCH3 is 1. The first kappa shape index (κ1) is 35.9. The number of nitrogens with zero attached hydrogens (tertiary/aromatic N) is 4. The summed E-state index contributed by atoms with van der Waals surface area (Å²) in [4.78, 5) is 22.4. The number of hydrazine groups is 1. The normalized spacial score (nSPS) is 16.8. The third-order valence-corrected chi connectivity index (χ3v) is 9.86. The molecule has 4 aromatic rings. The number of sulfone groups is 1. The van der Waals surface area contributed by atoms with E-state index in [1.165, 1.54) is 12.1 Å². The molecular formula is C36H38N6O7S. The van der Waals surface area contributed by atoms with Crippen LogP contribution in [0.4, 0.5) is 5.69 Å². The van der Waals surface area contributed by atoms with Gasteiger partial charge in [-0.1, -0.05) is 59.7 Å². The lowest BCUT2D eigenvalue weighted by Crippen LogP contribution is -2.53. The van der Waals surface area contributed by atoms with E-state index in [2.05, 4.69) is 20.9 Å². The molecule has 0 spiro atoms. The molecule has 1 aliphatic heterocycles. The Morgan fingerprint density at radius 2 is 1.78 bits per heavy atom. The lowest BCUT2D eigenvalue weighted by Gasteiger charge is -2.31. The first-order valence-corrected chi connectivity index (χ1v) is 17.6. The van der Waals surface area contributed by atoms with Crippen molar-refractivity contribution < 1.29 is 32.5 Å². The van der Waals surface area contributed by atoms with Gasteiger partial charge in [-0.2, -0.15) is 0 Å². The minimum absolute atomic E-state index is 0.00143. The average Bonchev–Trinajstić information content (AvgIpc) is 3.54. The van der Waals surface area contributed by atoms with Crippen LogP contribution in [0, 0.1) is 0 Å². The number of amides is 1. The predicted molar refractivity (Wildman–Crippen MR) is 188 cm³/mol. The fourth-order valence-corrected chi connectivity index (χ4v) is 6.90. The number of azide groups is 1. The highest BCUT2D eigenvalue weighted by molar-refractivity contribution is 7.91. The molecule has 0 saturated carbocycles. The predicted octanol–water partition coefficient (Wildman–Crippen LogP) is 5.38. The second-order valence-electron chi connectivity index (χ2n) is 11.4. The summed E-state index contributed by atoms with van der Waals surface area (Å²) in [6.45, 7) is 0.670. The number of rotatable bonds is 17. The Morgan fingerprint density at radius 3 is 2.52 bits per heavy atom. The van der Waals surface area contributed by atoms with E-state index >= 15 is 0 Å². The van der Waals surface area contributed by atoms with E-state index < -0.39 is 33.1 Å². The van der Waals surface area contributed by atoms with Gasteiger partial charge in [-0.15, -0.1) is 0 Å². The van der Waals surface area contributed by atoms with Gasteiger partial charge in [-0.25, -0.2) is 18.8 Å². The maximum atomic E-state index is 14.4. The lowest BCUT2D eigenvalue weighted by atomic mass is 9.84. The van der Waals surface area contributed by atoms with Crippen LogP contribution in [0.15, 0.2) is 118 Å². The molecule has 0 unspecified atom stereocenters. The third-order valence-electron chi connectivity index (χ3n) is 8.13. The van der Waals surface area contributed by atoms with Crippen molar-refractivity contribution in [2.75, 3.05) is 32.6 Å². The number of aliphatic imine (C=N–C) groups is 1. The van der Waals surface area contributed by atoms with Crippen LogP contribution in [-0.4, -0.2) is 63.5 Å². The van der Waals surface area contributed by atoms with Crippen LogP contribution in [0.5, 0.6) is 11.5 Å². The molecule has 14 heteroatoms. The summed E-state index contributed by atoms with van der Waals surface area (Å²) in [5.74, 6) is 0.291. The maximum absolute atomic E-state index is 14.4. The van der Waals surface area contributed by atoms with Gasteiger partial charge in [0.1, 0.15) is 11.5 Å². The Bertz CT molecular complexity index is 1950. The van der Waals surface area contributed by atoms with E-state index in [9.17, 15) is 18.7 Å². The molecule has 4 aromatic carbocycles. The summed E-state index contributed by atoms with van der Waals surface area (Å²) in [5.41, 5.74) is 15.3. The number of aliphatic hydroxyl groups excluding tert-OH is 1. The van der Waals surface area contributed by atoms with E-state index in [0.29, 0.717) is 48.6 Å². The van der Waals surface area contributed by atoms with Crippen LogP contribution in [-0.2, 0) is 25.8 Å². The van der Waals surface area contributed by atoms with Gasteiger partial charge in [0.2, 0.25) is 5.90 Å². The van der Waals surface area contributed by atoms with Gasteiger partial charge in [0, 0.05) is 47.7 Å². The van der Waals surface area contributed by atoms with Gasteiger partial charge >= 0.3 is 0 Å². The highest BCUT2D eigenvalue weighted by Crippen LogP contribution is 2.45. The molecule has 2 atom stereocenters. The molecular weight excluding hydrogens is 660 g/mol. The zero-order chi connectivity index (χ0) is 35.4. The van der Waals surface area contributed by atoms with Crippen molar-refractivity contribution >= 4 is 27.3 Å². The number of benzene rings is 4. The van der Waals surface area contributed by atoms with Gasteiger partial charge in [0.15, 0.2) is 21.5 Å². The third kappa shape index (κ3) is 8.60. The minimum atomic E-state index is -3.87. The van der Waals surface area contributed by atoms with Crippen molar-refractivity contribution in [3.63, 3.8) is 0 Å². The van der Waals surface area contributed by atoms with Crippen molar-refractivity contribution in [2.45, 2.75) is 35.8 Å². The van der Waals surface area contributed by atoms with E-state index in [1.807, 2.05) is 24.3 Å². The second-order valence-corrected chi connectivity index (χ2v) is 13.5. The summed E-state index contributed by atoms with van der Waals surface area (Å²) in [7, 11) is -2.28. The summed E-state index contributed by atoms with van der Waals surface area (Å²) in [6, 6.07) is 29.0. The van der Waals surface area contributed by atoms with Gasteiger partial charge in [0.05, 0.1) is 24.4 Å². The second kappa shape index (κ2) is 16.8. The van der Waals surface area contributed by atoms with Crippen LogP contribution < -0.4 is 20.3 Å². The highest BCUT2D eigenvalue weighted by Gasteiger charge is 2.54. The molecule has 5 rings (SSSR count). The molecule has 0 aromatic heterocycles. The first-order valence-electron chi connectivity index (χ1n) is 16.0. The monoisotopic (exact) mass is 698 g/mol. The zero-order valence-corrected chi connectivity index (χ0v) is 28.3. The van der Waals surface area contributed by atoms with Crippen LogP contribution in [0.25, 0.3) is 10.4 Å². The van der Waals surface area contributed by atoms with Crippen molar-refractivity contribution in [3.05, 3.63) is 130 Å². The molecule has 0 bridgehead atoms. The van der Waals surface area contributed by atoms with Gasteiger partial charge < -0.3 is 19.3 Å². The molecule has 1 heterocycles. The molecule has 0 radical (unpaired) electrons. The van der Waals surface area contributed by atoms with Crippen LogP contribution >= 0.6 is 0 Å². The fraction of sp³-hybridized carbons (Fsp3) is 0.278. The Balaban J connectivity index is 1.52. The largest absolute Gasteiger partial charge is 0.497 e. The summed E-state index contributed by atoms with van der Waals surface area (Å²) in [6.07, 6.45) is -0.422. The molecule has 1 aliphatic rings. The van der Waals surface area contributed by atoms with Gasteiger partial charge in [0.25, 0.3) is 5.91 Å².